The van der Waals surface area contributed by atoms with Crippen LogP contribution >= 0.6 is 0 Å². The van der Waals surface area contributed by atoms with Crippen molar-refractivity contribution in [2.75, 3.05) is 6.61 Å². The van der Waals surface area contributed by atoms with Gasteiger partial charge in [-0.15, -0.1) is 0 Å². The van der Waals surface area contributed by atoms with Gasteiger partial charge in [0.25, 0.3) is 5.91 Å². The summed E-state index contributed by atoms with van der Waals surface area (Å²) in [7, 11) is 0. The number of aromatic nitrogens is 1. The van der Waals surface area contributed by atoms with E-state index in [4.69, 9.17) is 0 Å². The number of Topliss-reactive ketones (excluding diaryl/α,β-unsaturated/α-hetero) is 1. The number of carbonyl (C=O) groups excluding carboxylic acids is 2. The van der Waals surface area contributed by atoms with Crippen molar-refractivity contribution in [2.24, 2.45) is 0 Å². The molecule has 0 unspecified atom stereocenters. The quantitative estimate of drug-likeness (QED) is 0.532. The molecule has 0 bridgehead atoms. The van der Waals surface area contributed by atoms with Crippen LogP contribution in [0.4, 0.5) is 17.6 Å². The Morgan fingerprint density at radius 3 is 2.50 bits per heavy atom. The fourth-order valence-electron chi connectivity index (χ4n) is 3.35. The molecule has 32 heavy (non-hydrogen) atoms. The summed E-state index contributed by atoms with van der Waals surface area (Å²) in [5.41, 5.74) is -1.96. The number of carbonyl (C=O) groups is 2. The van der Waals surface area contributed by atoms with Crippen LogP contribution in [0.25, 0.3) is 0 Å². The lowest BCUT2D eigenvalue weighted by Crippen LogP contribution is -2.48. The van der Waals surface area contributed by atoms with Crippen molar-refractivity contribution >= 4 is 11.7 Å². The second-order valence-electron chi connectivity index (χ2n) is 8.06. The first-order valence-electron chi connectivity index (χ1n) is 9.94. The molecule has 6 nitrogen and oxygen atoms in total. The molecule has 1 fully saturated rings. The maximum Gasteiger partial charge on any atom is 0.411 e. The summed E-state index contributed by atoms with van der Waals surface area (Å²) < 4.78 is 53.5. The molecule has 1 aliphatic rings. The lowest BCUT2D eigenvalue weighted by molar-refractivity contribution is -0.163. The summed E-state index contributed by atoms with van der Waals surface area (Å²) in [6.07, 6.45) is -4.29. The van der Waals surface area contributed by atoms with E-state index in [0.29, 0.717) is 5.56 Å². The molecule has 3 rings (SSSR count). The molecule has 1 atom stereocenters. The number of nitrogens with zero attached hydrogens (tertiary/aromatic N) is 1. The molecule has 0 spiro atoms. The van der Waals surface area contributed by atoms with E-state index in [0.717, 1.165) is 12.1 Å². The molecular formula is C22H22F4N2O4. The van der Waals surface area contributed by atoms with Gasteiger partial charge in [0, 0.05) is 37.1 Å². The maximum atomic E-state index is 14.4. The molecule has 1 saturated carbocycles. The highest BCUT2D eigenvalue weighted by atomic mass is 19.4. The number of aliphatic hydroxyl groups is 1. The number of aliphatic hydroxyl groups excluding tert-OH is 1. The van der Waals surface area contributed by atoms with E-state index in [1.807, 2.05) is 5.32 Å². The zero-order chi connectivity index (χ0) is 23.7. The first-order chi connectivity index (χ1) is 15.0. The van der Waals surface area contributed by atoms with Gasteiger partial charge in [-0.3, -0.25) is 14.6 Å². The Morgan fingerprint density at radius 1 is 1.22 bits per heavy atom. The highest BCUT2D eigenvalue weighted by Gasteiger charge is 2.64. The topological polar surface area (TPSA) is 99.5 Å². The van der Waals surface area contributed by atoms with Gasteiger partial charge in [-0.1, -0.05) is 6.92 Å². The predicted octanol–water partition coefficient (Wildman–Crippen LogP) is 3.20. The Labute approximate surface area is 181 Å². The first kappa shape index (κ1) is 23.6. The Hall–Kier alpha value is -3.01. The molecule has 0 aliphatic heterocycles. The smallest absolute Gasteiger partial charge is 0.411 e. The van der Waals surface area contributed by atoms with Gasteiger partial charge in [-0.2, -0.15) is 13.2 Å². The van der Waals surface area contributed by atoms with Gasteiger partial charge in [0.1, 0.15) is 28.6 Å². The Bertz CT molecular complexity index is 1040. The van der Waals surface area contributed by atoms with Gasteiger partial charge >= 0.3 is 6.18 Å². The number of amides is 1. The number of rotatable bonds is 8. The third kappa shape index (κ3) is 5.07. The number of alkyl halides is 3. The number of nitrogens with one attached hydrogen (secondary N) is 1. The fraction of sp³-hybridized carbons (Fsp3) is 0.409. The van der Waals surface area contributed by atoms with E-state index in [-0.39, 0.29) is 54.9 Å². The standard InChI is InChI=1S/C22H22F4N2O4/c1-12(11-29)16-10-17(23)14(9-19(16)31)8-15(30)6-13-2-5-27-18(7-13)20(32)28-21(3-4-21)22(24,25)26/h2,5,7,9-10,12,29,31H,3-4,6,8,11H2,1H3,(H,28,32)/t12-/m1/s1. The Morgan fingerprint density at radius 2 is 1.91 bits per heavy atom. The van der Waals surface area contributed by atoms with Crippen LogP contribution in [0, 0.1) is 5.82 Å². The molecule has 0 radical (unpaired) electrons. The average molecular weight is 454 g/mol. The van der Waals surface area contributed by atoms with E-state index < -0.39 is 35.1 Å². The van der Waals surface area contributed by atoms with Gasteiger partial charge in [-0.25, -0.2) is 4.39 Å². The van der Waals surface area contributed by atoms with Crippen molar-refractivity contribution in [1.29, 1.82) is 0 Å². The van der Waals surface area contributed by atoms with Gasteiger partial charge in [-0.05, 0) is 48.2 Å². The maximum absolute atomic E-state index is 14.4. The minimum atomic E-state index is -4.56. The summed E-state index contributed by atoms with van der Waals surface area (Å²) in [6, 6.07) is 4.86. The summed E-state index contributed by atoms with van der Waals surface area (Å²) in [4.78, 5) is 28.4. The number of phenolic OH excluding ortho intramolecular Hbond substituents is 1. The number of hydrogen-bond donors (Lipinski definition) is 3. The van der Waals surface area contributed by atoms with E-state index in [1.165, 1.54) is 18.3 Å². The molecular weight excluding hydrogens is 432 g/mol. The molecule has 1 heterocycles. The normalized spacial score (nSPS) is 15.8. The number of phenols is 1. The van der Waals surface area contributed by atoms with Crippen molar-refractivity contribution in [2.45, 2.75) is 50.2 Å². The summed E-state index contributed by atoms with van der Waals surface area (Å²) in [5.74, 6) is -2.85. The van der Waals surface area contributed by atoms with E-state index >= 15 is 0 Å². The van der Waals surface area contributed by atoms with Crippen LogP contribution in [-0.2, 0) is 17.6 Å². The molecule has 1 aliphatic carbocycles. The fourth-order valence-corrected chi connectivity index (χ4v) is 3.35. The lowest BCUT2D eigenvalue weighted by Gasteiger charge is -2.20. The monoisotopic (exact) mass is 454 g/mol. The highest BCUT2D eigenvalue weighted by Crippen LogP contribution is 2.49. The van der Waals surface area contributed by atoms with Crippen molar-refractivity contribution in [1.82, 2.24) is 10.3 Å². The SMILES string of the molecule is C[C@H](CO)c1cc(F)c(CC(=O)Cc2ccnc(C(=O)NC3(C(F)(F)F)CC3)c2)cc1O. The number of benzene rings is 1. The molecule has 172 valence electrons. The lowest BCUT2D eigenvalue weighted by atomic mass is 9.96. The molecule has 0 saturated heterocycles. The second-order valence-corrected chi connectivity index (χ2v) is 8.06. The van der Waals surface area contributed by atoms with Gasteiger partial charge in [0.05, 0.1) is 0 Å². The first-order valence-corrected chi connectivity index (χ1v) is 9.94. The van der Waals surface area contributed by atoms with Crippen LogP contribution in [0.2, 0.25) is 0 Å². The Kier molecular flexibility index (Phi) is 6.54. The van der Waals surface area contributed by atoms with Crippen LogP contribution in [-0.4, -0.2) is 45.2 Å². The minimum Gasteiger partial charge on any atom is -0.508 e. The summed E-state index contributed by atoms with van der Waals surface area (Å²) >= 11 is 0. The number of halogens is 4. The van der Waals surface area contributed by atoms with Crippen molar-refractivity contribution in [3.8, 4) is 5.75 Å². The Balaban J connectivity index is 1.68. The summed E-state index contributed by atoms with van der Waals surface area (Å²) in [6.45, 7) is 1.32. The molecule has 10 heteroatoms. The molecule has 1 aromatic heterocycles. The van der Waals surface area contributed by atoms with E-state index in [9.17, 15) is 37.4 Å². The van der Waals surface area contributed by atoms with Crippen LogP contribution in [0.5, 0.6) is 5.75 Å². The second kappa shape index (κ2) is 8.85. The van der Waals surface area contributed by atoms with Crippen molar-refractivity contribution in [3.05, 3.63) is 58.7 Å². The predicted molar refractivity (Wildman–Crippen MR) is 106 cm³/mol. The van der Waals surface area contributed by atoms with Crippen LogP contribution in [0.1, 0.15) is 52.9 Å². The van der Waals surface area contributed by atoms with E-state index in [1.54, 1.807) is 6.92 Å². The molecule has 2 aromatic rings. The number of aromatic hydroxyl groups is 1. The zero-order valence-corrected chi connectivity index (χ0v) is 17.2. The highest BCUT2D eigenvalue weighted by molar-refractivity contribution is 5.93. The van der Waals surface area contributed by atoms with Crippen molar-refractivity contribution < 1.29 is 37.4 Å². The summed E-state index contributed by atoms with van der Waals surface area (Å²) in [5, 5.41) is 21.2. The van der Waals surface area contributed by atoms with Crippen LogP contribution < -0.4 is 5.32 Å². The average Bonchev–Trinajstić information content (AvgIpc) is 3.51. The zero-order valence-electron chi connectivity index (χ0n) is 17.2. The molecule has 1 amide bonds. The molecule has 3 N–H and O–H groups in total. The van der Waals surface area contributed by atoms with Gasteiger partial charge in [0.2, 0.25) is 0 Å². The van der Waals surface area contributed by atoms with Gasteiger partial charge in [0.15, 0.2) is 0 Å². The number of ketones is 1. The van der Waals surface area contributed by atoms with Crippen LogP contribution in [0.3, 0.4) is 0 Å². The number of hydrogen-bond acceptors (Lipinski definition) is 5. The van der Waals surface area contributed by atoms with E-state index in [2.05, 4.69) is 4.98 Å². The third-order valence-electron chi connectivity index (χ3n) is 5.49. The van der Waals surface area contributed by atoms with Crippen LogP contribution in [0.15, 0.2) is 30.5 Å². The van der Waals surface area contributed by atoms with Crippen molar-refractivity contribution in [3.63, 3.8) is 0 Å². The largest absolute Gasteiger partial charge is 0.508 e. The molecule has 1 aromatic carbocycles. The number of pyridine rings is 1. The van der Waals surface area contributed by atoms with Gasteiger partial charge < -0.3 is 15.5 Å². The third-order valence-corrected chi connectivity index (χ3v) is 5.49. The minimum absolute atomic E-state index is 0.0331.